The van der Waals surface area contributed by atoms with E-state index in [2.05, 4.69) is 20.7 Å². The molecule has 1 aromatic heterocycles. The van der Waals surface area contributed by atoms with E-state index in [4.69, 9.17) is 16.3 Å². The number of carbonyl (C=O) groups excluding carboxylic acids is 4. The van der Waals surface area contributed by atoms with E-state index < -0.39 is 29.8 Å². The van der Waals surface area contributed by atoms with Gasteiger partial charge in [-0.2, -0.15) is 0 Å². The molecule has 0 spiro atoms. The minimum atomic E-state index is -1.22. The maximum Gasteiger partial charge on any atom is 0.407 e. The van der Waals surface area contributed by atoms with E-state index in [1.54, 1.807) is 6.07 Å². The van der Waals surface area contributed by atoms with Gasteiger partial charge in [0.15, 0.2) is 0 Å². The molecule has 33 heavy (non-hydrogen) atoms. The summed E-state index contributed by atoms with van der Waals surface area (Å²) in [5.74, 6) is -2.30. The molecule has 0 bridgehead atoms. The van der Waals surface area contributed by atoms with Crippen molar-refractivity contribution in [1.29, 1.82) is 0 Å². The molecule has 1 atom stereocenters. The molecule has 0 saturated carbocycles. The Morgan fingerprint density at radius 1 is 1.30 bits per heavy atom. The van der Waals surface area contributed by atoms with Crippen molar-refractivity contribution < 1.29 is 33.0 Å². The Labute approximate surface area is 197 Å². The molecular weight excluding hydrogens is 479 g/mol. The van der Waals surface area contributed by atoms with Crippen LogP contribution < -0.4 is 20.9 Å². The molecule has 13 heteroatoms. The third kappa shape index (κ3) is 6.40. The second-order valence-corrected chi connectivity index (χ2v) is 8.47. The van der Waals surface area contributed by atoms with Crippen LogP contribution >= 0.6 is 22.9 Å². The van der Waals surface area contributed by atoms with Gasteiger partial charge in [0.05, 0.1) is 28.6 Å². The van der Waals surface area contributed by atoms with Crippen molar-refractivity contribution in [3.05, 3.63) is 45.4 Å². The number of anilines is 2. The van der Waals surface area contributed by atoms with Gasteiger partial charge in [-0.1, -0.05) is 11.6 Å². The van der Waals surface area contributed by atoms with Crippen molar-refractivity contribution in [1.82, 2.24) is 10.6 Å². The van der Waals surface area contributed by atoms with E-state index in [1.165, 1.54) is 23.1 Å². The van der Waals surface area contributed by atoms with Crippen LogP contribution in [0.5, 0.6) is 0 Å². The number of benzene rings is 1. The molecule has 1 aliphatic rings. The Kier molecular flexibility index (Phi) is 8.20. The quantitative estimate of drug-likeness (QED) is 0.536. The molecule has 1 fully saturated rings. The first kappa shape index (κ1) is 24.4. The molecule has 1 aromatic carbocycles. The molecule has 4 amide bonds. The lowest BCUT2D eigenvalue weighted by Gasteiger charge is -2.27. The lowest BCUT2D eigenvalue weighted by molar-refractivity contribution is -0.125. The van der Waals surface area contributed by atoms with Gasteiger partial charge in [-0.25, -0.2) is 9.18 Å². The highest BCUT2D eigenvalue weighted by molar-refractivity contribution is 7.18. The third-order valence-corrected chi connectivity index (χ3v) is 5.78. The van der Waals surface area contributed by atoms with Crippen molar-refractivity contribution in [2.75, 3.05) is 43.6 Å². The van der Waals surface area contributed by atoms with E-state index >= 15 is 0 Å². The van der Waals surface area contributed by atoms with Gasteiger partial charge >= 0.3 is 6.09 Å². The smallest absolute Gasteiger partial charge is 0.407 e. The van der Waals surface area contributed by atoms with Gasteiger partial charge in [-0.05, 0) is 30.3 Å². The van der Waals surface area contributed by atoms with Crippen molar-refractivity contribution in [3.63, 3.8) is 0 Å². The SMILES string of the molecule is COC(=O)N[C@@H](CNC(=O)c1ccc(Cl)s1)C(=O)Nc1ccc(N2CCOCC2=O)c(F)c1. The summed E-state index contributed by atoms with van der Waals surface area (Å²) in [5.41, 5.74) is 0.155. The summed E-state index contributed by atoms with van der Waals surface area (Å²) in [6.07, 6.45) is -0.893. The number of rotatable bonds is 7. The fourth-order valence-corrected chi connectivity index (χ4v) is 3.89. The number of nitrogens with one attached hydrogen (secondary N) is 3. The molecular formula is C20H20ClFN4O6S. The van der Waals surface area contributed by atoms with Gasteiger partial charge in [0, 0.05) is 18.8 Å². The largest absolute Gasteiger partial charge is 0.453 e. The third-order valence-electron chi connectivity index (χ3n) is 4.55. The maximum atomic E-state index is 14.6. The zero-order valence-electron chi connectivity index (χ0n) is 17.4. The molecule has 0 aliphatic carbocycles. The van der Waals surface area contributed by atoms with Crippen molar-refractivity contribution >= 4 is 58.1 Å². The van der Waals surface area contributed by atoms with Gasteiger partial charge in [0.1, 0.15) is 18.5 Å². The van der Waals surface area contributed by atoms with Crippen LogP contribution in [0.1, 0.15) is 9.67 Å². The van der Waals surface area contributed by atoms with Crippen LogP contribution in [0.4, 0.5) is 20.6 Å². The highest BCUT2D eigenvalue weighted by atomic mass is 35.5. The molecule has 3 N–H and O–H groups in total. The zero-order chi connectivity index (χ0) is 24.0. The van der Waals surface area contributed by atoms with Crippen LogP contribution in [-0.4, -0.2) is 63.3 Å². The first-order valence-electron chi connectivity index (χ1n) is 9.65. The Morgan fingerprint density at radius 2 is 2.09 bits per heavy atom. The van der Waals surface area contributed by atoms with E-state index in [9.17, 15) is 23.6 Å². The Hall–Kier alpha value is -3.22. The second-order valence-electron chi connectivity index (χ2n) is 6.76. The first-order chi connectivity index (χ1) is 15.8. The number of amides is 4. The van der Waals surface area contributed by atoms with Gasteiger partial charge in [0.2, 0.25) is 5.91 Å². The summed E-state index contributed by atoms with van der Waals surface area (Å²) < 4.78 is 24.6. The Bertz CT molecular complexity index is 1060. The summed E-state index contributed by atoms with van der Waals surface area (Å²) in [5, 5.41) is 7.31. The maximum absolute atomic E-state index is 14.6. The normalized spacial score (nSPS) is 14.4. The van der Waals surface area contributed by atoms with Gasteiger partial charge in [-0.15, -0.1) is 11.3 Å². The van der Waals surface area contributed by atoms with Crippen molar-refractivity contribution in [2.24, 2.45) is 0 Å². The number of methoxy groups -OCH3 is 1. The number of alkyl carbamates (subject to hydrolysis) is 1. The van der Waals surface area contributed by atoms with Crippen LogP contribution in [0.2, 0.25) is 4.34 Å². The second kappa shape index (κ2) is 11.1. The standard InChI is InChI=1S/C20H20ClFN4O6S/c1-31-20(30)25-13(9-23-19(29)15-4-5-16(21)33-15)18(28)24-11-2-3-14(12(22)8-11)26-6-7-32-10-17(26)27/h2-5,8,13H,6-7,9-10H2,1H3,(H,23,29)(H,24,28)(H,25,30)/t13-/m0/s1. The molecule has 3 rings (SSSR count). The van der Waals surface area contributed by atoms with E-state index in [1.807, 2.05) is 0 Å². The average molecular weight is 499 g/mol. The number of hydrogen-bond donors (Lipinski definition) is 3. The van der Waals surface area contributed by atoms with Gasteiger partial charge in [-0.3, -0.25) is 14.4 Å². The zero-order valence-corrected chi connectivity index (χ0v) is 18.9. The fourth-order valence-electron chi connectivity index (χ4n) is 2.93. The van der Waals surface area contributed by atoms with Crippen LogP contribution in [0.15, 0.2) is 30.3 Å². The molecule has 2 heterocycles. The average Bonchev–Trinajstić information content (AvgIpc) is 3.23. The predicted molar refractivity (Wildman–Crippen MR) is 119 cm³/mol. The molecule has 10 nitrogen and oxygen atoms in total. The number of ether oxygens (including phenoxy) is 2. The highest BCUT2D eigenvalue weighted by Gasteiger charge is 2.25. The molecule has 1 saturated heterocycles. The molecule has 2 aromatic rings. The summed E-state index contributed by atoms with van der Waals surface area (Å²) in [7, 11) is 1.12. The number of thiophene rings is 1. The van der Waals surface area contributed by atoms with E-state index in [0.717, 1.165) is 24.5 Å². The highest BCUT2D eigenvalue weighted by Crippen LogP contribution is 2.24. The van der Waals surface area contributed by atoms with Gasteiger partial charge < -0.3 is 30.3 Å². The molecule has 1 aliphatic heterocycles. The number of nitrogens with zero attached hydrogens (tertiary/aromatic N) is 1. The van der Waals surface area contributed by atoms with Crippen molar-refractivity contribution in [3.8, 4) is 0 Å². The van der Waals surface area contributed by atoms with Crippen LogP contribution in [0, 0.1) is 5.82 Å². The van der Waals surface area contributed by atoms with Crippen LogP contribution in [0.25, 0.3) is 0 Å². The Balaban J connectivity index is 1.67. The summed E-state index contributed by atoms with van der Waals surface area (Å²) >= 11 is 6.87. The van der Waals surface area contributed by atoms with Crippen molar-refractivity contribution in [2.45, 2.75) is 6.04 Å². The monoisotopic (exact) mass is 498 g/mol. The van der Waals surface area contributed by atoms with E-state index in [-0.39, 0.29) is 43.6 Å². The molecule has 0 unspecified atom stereocenters. The summed E-state index contributed by atoms with van der Waals surface area (Å²) in [6, 6.07) is 5.69. The van der Waals surface area contributed by atoms with E-state index in [0.29, 0.717) is 9.21 Å². The lowest BCUT2D eigenvalue weighted by Crippen LogP contribution is -2.50. The van der Waals surface area contributed by atoms with Gasteiger partial charge in [0.25, 0.3) is 11.8 Å². The number of morpholine rings is 1. The minimum Gasteiger partial charge on any atom is -0.453 e. The Morgan fingerprint density at radius 3 is 2.73 bits per heavy atom. The minimum absolute atomic E-state index is 0.0624. The topological polar surface area (TPSA) is 126 Å². The number of carbonyl (C=O) groups is 4. The fraction of sp³-hybridized carbons (Fsp3) is 0.300. The molecule has 176 valence electrons. The summed E-state index contributed by atoms with van der Waals surface area (Å²) in [6.45, 7) is 0.0933. The number of hydrogen-bond acceptors (Lipinski definition) is 7. The number of halogens is 2. The van der Waals surface area contributed by atoms with Crippen LogP contribution in [0.3, 0.4) is 0 Å². The predicted octanol–water partition coefficient (Wildman–Crippen LogP) is 2.00. The lowest BCUT2D eigenvalue weighted by atomic mass is 10.2. The van der Waals surface area contributed by atoms with Crippen LogP contribution in [-0.2, 0) is 19.1 Å². The first-order valence-corrected chi connectivity index (χ1v) is 10.8. The summed E-state index contributed by atoms with van der Waals surface area (Å²) in [4.78, 5) is 50.1. The molecule has 0 radical (unpaired) electrons.